The highest BCUT2D eigenvalue weighted by molar-refractivity contribution is 8.00. The number of thioether (sulfide) groups is 1. The van der Waals surface area contributed by atoms with Gasteiger partial charge in [-0.1, -0.05) is 6.07 Å². The van der Waals surface area contributed by atoms with Gasteiger partial charge in [0.05, 0.1) is 12.2 Å². The molecule has 0 saturated carbocycles. The molecule has 3 rings (SSSR count). The van der Waals surface area contributed by atoms with Crippen molar-refractivity contribution in [1.29, 1.82) is 0 Å². The highest BCUT2D eigenvalue weighted by Crippen LogP contribution is 2.32. The van der Waals surface area contributed by atoms with Crippen LogP contribution in [0.2, 0.25) is 0 Å². The summed E-state index contributed by atoms with van der Waals surface area (Å²) in [5.74, 6) is -0.119. The summed E-state index contributed by atoms with van der Waals surface area (Å²) >= 11 is 1.32. The normalized spacial score (nSPS) is 12.1. The molecule has 0 unspecified atom stereocenters. The van der Waals surface area contributed by atoms with E-state index in [2.05, 4.69) is 10.6 Å². The zero-order valence-electron chi connectivity index (χ0n) is 15.5. The largest absolute Gasteiger partial charge is 0.486 e. The lowest BCUT2D eigenvalue weighted by molar-refractivity contribution is -0.138. The maximum Gasteiger partial charge on any atom is 0.303 e. The number of hydrogen-bond acceptors (Lipinski definition) is 6. The van der Waals surface area contributed by atoms with Gasteiger partial charge < -0.3 is 25.2 Å². The summed E-state index contributed by atoms with van der Waals surface area (Å²) < 4.78 is 11.0. The number of hydrogen-bond donors (Lipinski definition) is 3. The van der Waals surface area contributed by atoms with Crippen molar-refractivity contribution in [2.45, 2.75) is 17.7 Å². The fraction of sp³-hybridized carbons (Fsp3) is 0.250. The molecule has 0 aliphatic carbocycles. The number of aliphatic carboxylic acids is 1. The van der Waals surface area contributed by atoms with Crippen molar-refractivity contribution < 1.29 is 29.0 Å². The van der Waals surface area contributed by atoms with E-state index in [1.807, 2.05) is 6.07 Å². The number of carboxylic acid groups (broad SMARTS) is 1. The molecule has 3 N–H and O–H groups in total. The lowest BCUT2D eigenvalue weighted by atomic mass is 10.2. The Labute approximate surface area is 171 Å². The van der Waals surface area contributed by atoms with Crippen LogP contribution >= 0.6 is 11.8 Å². The van der Waals surface area contributed by atoms with Crippen LogP contribution in [0.5, 0.6) is 11.5 Å². The molecule has 2 amide bonds. The van der Waals surface area contributed by atoms with Gasteiger partial charge in [-0.2, -0.15) is 0 Å². The van der Waals surface area contributed by atoms with Crippen LogP contribution in [0.4, 0.5) is 11.4 Å². The molecule has 0 bridgehead atoms. The summed E-state index contributed by atoms with van der Waals surface area (Å²) in [4.78, 5) is 35.3. The van der Waals surface area contributed by atoms with Crippen molar-refractivity contribution in [3.63, 3.8) is 0 Å². The lowest BCUT2D eigenvalue weighted by Gasteiger charge is -2.19. The van der Waals surface area contributed by atoms with Crippen molar-refractivity contribution in [2.75, 3.05) is 29.6 Å². The van der Waals surface area contributed by atoms with Crippen molar-refractivity contribution in [3.8, 4) is 11.5 Å². The summed E-state index contributed by atoms with van der Waals surface area (Å²) in [5, 5.41) is 14.1. The molecular weight excluding hydrogens is 396 g/mol. The molecule has 29 heavy (non-hydrogen) atoms. The zero-order valence-corrected chi connectivity index (χ0v) is 16.3. The molecule has 2 aromatic rings. The smallest absolute Gasteiger partial charge is 0.303 e. The van der Waals surface area contributed by atoms with E-state index in [1.165, 1.54) is 11.8 Å². The zero-order chi connectivity index (χ0) is 20.6. The minimum absolute atomic E-state index is 0.0926. The Bertz CT molecular complexity index is 918. The molecule has 0 atom stereocenters. The van der Waals surface area contributed by atoms with Gasteiger partial charge in [-0.15, -0.1) is 11.8 Å². The van der Waals surface area contributed by atoms with Crippen molar-refractivity contribution >= 4 is 40.9 Å². The maximum absolute atomic E-state index is 12.2. The highest BCUT2D eigenvalue weighted by Gasteiger charge is 2.13. The molecule has 9 heteroatoms. The number of carboxylic acids is 1. The lowest BCUT2D eigenvalue weighted by Crippen LogP contribution is -2.17. The van der Waals surface area contributed by atoms with Crippen LogP contribution in [0.1, 0.15) is 12.8 Å². The van der Waals surface area contributed by atoms with Crippen molar-refractivity contribution in [1.82, 2.24) is 0 Å². The van der Waals surface area contributed by atoms with E-state index in [1.54, 1.807) is 36.4 Å². The monoisotopic (exact) mass is 416 g/mol. The van der Waals surface area contributed by atoms with Gasteiger partial charge in [0, 0.05) is 28.8 Å². The molecule has 0 spiro atoms. The first-order valence-corrected chi connectivity index (χ1v) is 9.92. The first-order valence-electron chi connectivity index (χ1n) is 8.93. The Morgan fingerprint density at radius 3 is 2.41 bits per heavy atom. The van der Waals surface area contributed by atoms with E-state index in [0.717, 1.165) is 4.90 Å². The van der Waals surface area contributed by atoms with Gasteiger partial charge >= 0.3 is 5.97 Å². The average Bonchev–Trinajstić information content (AvgIpc) is 2.71. The molecule has 1 heterocycles. The van der Waals surface area contributed by atoms with Gasteiger partial charge in [-0.05, 0) is 30.3 Å². The molecule has 2 aromatic carbocycles. The van der Waals surface area contributed by atoms with Crippen LogP contribution in [0.25, 0.3) is 0 Å². The molecule has 1 aliphatic heterocycles. The maximum atomic E-state index is 12.2. The van der Waals surface area contributed by atoms with E-state index in [0.29, 0.717) is 36.1 Å². The summed E-state index contributed by atoms with van der Waals surface area (Å²) in [6.45, 7) is 0.984. The molecular formula is C20H20N2O6S. The number of fused-ring (bicyclic) bond motifs is 1. The van der Waals surface area contributed by atoms with E-state index in [4.69, 9.17) is 14.6 Å². The van der Waals surface area contributed by atoms with Crippen LogP contribution in [-0.2, 0) is 14.4 Å². The number of anilines is 2. The van der Waals surface area contributed by atoms with Gasteiger partial charge in [-0.3, -0.25) is 14.4 Å². The molecule has 0 radical (unpaired) electrons. The standard InChI is InChI=1S/C20H20N2O6S/c23-18(6-7-20(25)26)21-13-2-1-3-15(10-13)29-12-19(24)22-14-4-5-16-17(11-14)28-9-8-27-16/h1-5,10-11H,6-9,12H2,(H,21,23)(H,22,24)(H,25,26). The van der Waals surface area contributed by atoms with E-state index in [-0.39, 0.29) is 30.4 Å². The molecule has 0 saturated heterocycles. The Kier molecular flexibility index (Phi) is 6.96. The van der Waals surface area contributed by atoms with Gasteiger partial charge in [0.15, 0.2) is 11.5 Å². The van der Waals surface area contributed by atoms with E-state index < -0.39 is 5.97 Å². The molecule has 8 nitrogen and oxygen atoms in total. The van der Waals surface area contributed by atoms with Gasteiger partial charge in [-0.25, -0.2) is 0 Å². The van der Waals surface area contributed by atoms with Crippen molar-refractivity contribution in [2.24, 2.45) is 0 Å². The fourth-order valence-electron chi connectivity index (χ4n) is 2.57. The van der Waals surface area contributed by atoms with E-state index in [9.17, 15) is 14.4 Å². The topological polar surface area (TPSA) is 114 Å². The third kappa shape index (κ3) is 6.42. The van der Waals surface area contributed by atoms with Crippen LogP contribution < -0.4 is 20.1 Å². The quantitative estimate of drug-likeness (QED) is 0.567. The molecule has 0 aromatic heterocycles. The van der Waals surface area contributed by atoms with Gasteiger partial charge in [0.2, 0.25) is 11.8 Å². The molecule has 152 valence electrons. The first-order chi connectivity index (χ1) is 14.0. The third-order valence-corrected chi connectivity index (χ3v) is 4.87. The minimum atomic E-state index is -1.02. The summed E-state index contributed by atoms with van der Waals surface area (Å²) in [5.41, 5.74) is 1.18. The van der Waals surface area contributed by atoms with Crippen LogP contribution in [0.15, 0.2) is 47.4 Å². The Balaban J connectivity index is 1.50. The molecule has 0 fully saturated rings. The third-order valence-electron chi connectivity index (χ3n) is 3.88. The van der Waals surface area contributed by atoms with Crippen LogP contribution in [-0.4, -0.2) is 41.9 Å². The van der Waals surface area contributed by atoms with Crippen molar-refractivity contribution in [3.05, 3.63) is 42.5 Å². The Morgan fingerprint density at radius 1 is 0.897 bits per heavy atom. The second kappa shape index (κ2) is 9.83. The Morgan fingerprint density at radius 2 is 1.62 bits per heavy atom. The molecule has 1 aliphatic rings. The summed E-state index contributed by atoms with van der Waals surface area (Å²) in [6.07, 6.45) is -0.315. The number of benzene rings is 2. The number of amides is 2. The van der Waals surface area contributed by atoms with Crippen LogP contribution in [0.3, 0.4) is 0 Å². The Hall–Kier alpha value is -3.20. The fourth-order valence-corrected chi connectivity index (χ4v) is 3.33. The van der Waals surface area contributed by atoms with Gasteiger partial charge in [0.1, 0.15) is 13.2 Å². The predicted molar refractivity (Wildman–Crippen MR) is 109 cm³/mol. The SMILES string of the molecule is O=C(O)CCC(=O)Nc1cccc(SCC(=O)Nc2ccc3c(c2)OCCO3)c1. The second-order valence-corrected chi connectivity index (χ2v) is 7.21. The highest BCUT2D eigenvalue weighted by atomic mass is 32.2. The number of carbonyl (C=O) groups is 3. The van der Waals surface area contributed by atoms with E-state index >= 15 is 0 Å². The summed E-state index contributed by atoms with van der Waals surface area (Å²) in [6, 6.07) is 12.3. The van der Waals surface area contributed by atoms with Crippen LogP contribution in [0, 0.1) is 0 Å². The minimum Gasteiger partial charge on any atom is -0.486 e. The average molecular weight is 416 g/mol. The summed E-state index contributed by atoms with van der Waals surface area (Å²) in [7, 11) is 0. The number of ether oxygens (including phenoxy) is 2. The number of rotatable bonds is 8. The predicted octanol–water partition coefficient (Wildman–Crippen LogP) is 2.99. The van der Waals surface area contributed by atoms with Gasteiger partial charge in [0.25, 0.3) is 0 Å². The number of carbonyl (C=O) groups excluding carboxylic acids is 2. The second-order valence-electron chi connectivity index (χ2n) is 6.17. The first kappa shape index (κ1) is 20.5. The number of nitrogens with one attached hydrogen (secondary N) is 2.